The maximum Gasteiger partial charge on any atom is 0.223 e. The Morgan fingerprint density at radius 3 is 2.45 bits per heavy atom. The third kappa shape index (κ3) is 4.74. The molecule has 2 aromatic carbocycles. The molecule has 1 atom stereocenters. The van der Waals surface area contributed by atoms with Crippen molar-refractivity contribution in [2.45, 2.75) is 25.8 Å². The summed E-state index contributed by atoms with van der Waals surface area (Å²) in [5, 5.41) is 4.12. The summed E-state index contributed by atoms with van der Waals surface area (Å²) in [6.45, 7) is 2.03. The van der Waals surface area contributed by atoms with Gasteiger partial charge in [-0.2, -0.15) is 5.10 Å². The number of carbonyl (C=O) groups is 1. The van der Waals surface area contributed by atoms with E-state index in [0.717, 1.165) is 16.8 Å². The van der Waals surface area contributed by atoms with E-state index >= 15 is 0 Å². The fourth-order valence-electron chi connectivity index (χ4n) is 3.15. The van der Waals surface area contributed by atoms with Crippen molar-refractivity contribution in [2.24, 2.45) is 0 Å². The summed E-state index contributed by atoms with van der Waals surface area (Å²) in [6, 6.07) is 13.7. The first-order valence-corrected chi connectivity index (χ1v) is 9.45. The third-order valence-corrected chi connectivity index (χ3v) is 5.11. The molecule has 29 heavy (non-hydrogen) atoms. The predicted octanol–water partition coefficient (Wildman–Crippen LogP) is 3.44. The maximum absolute atomic E-state index is 12.7. The summed E-state index contributed by atoms with van der Waals surface area (Å²) < 4.78 is 12.3. The number of rotatable bonds is 8. The van der Waals surface area contributed by atoms with Gasteiger partial charge in [-0.05, 0) is 48.7 Å². The molecular weight excluding hydrogens is 368 g/mol. The minimum Gasteiger partial charge on any atom is -0.493 e. The van der Waals surface area contributed by atoms with Crippen molar-refractivity contribution < 1.29 is 14.3 Å². The quantitative estimate of drug-likeness (QED) is 0.585. The number of nitrogens with zero attached hydrogens (tertiary/aromatic N) is 4. The second-order valence-electron chi connectivity index (χ2n) is 6.80. The monoisotopic (exact) mass is 394 g/mol. The highest BCUT2D eigenvalue weighted by Gasteiger charge is 2.17. The van der Waals surface area contributed by atoms with Gasteiger partial charge < -0.3 is 14.4 Å². The van der Waals surface area contributed by atoms with Crippen molar-refractivity contribution in [1.82, 2.24) is 19.7 Å². The Morgan fingerprint density at radius 2 is 1.83 bits per heavy atom. The van der Waals surface area contributed by atoms with Crippen molar-refractivity contribution in [3.8, 4) is 17.2 Å². The molecule has 0 radical (unpaired) electrons. The lowest BCUT2D eigenvalue weighted by molar-refractivity contribution is -0.131. The Bertz CT molecular complexity index is 939. The predicted molar refractivity (Wildman–Crippen MR) is 110 cm³/mol. The molecule has 3 aromatic rings. The zero-order valence-electron chi connectivity index (χ0n) is 17.2. The van der Waals surface area contributed by atoms with Gasteiger partial charge in [-0.15, -0.1) is 0 Å². The van der Waals surface area contributed by atoms with Crippen LogP contribution in [0.25, 0.3) is 5.69 Å². The van der Waals surface area contributed by atoms with Crippen molar-refractivity contribution >= 4 is 5.91 Å². The standard InChI is InChI=1S/C22H26N4O3/c1-16(18-7-9-19(10-8-18)26-15-23-14-24-26)25(2)22(27)12-6-17-5-11-20(28-3)21(13-17)29-4/h5,7-11,13-16H,6,12H2,1-4H3/t16-/m0/s1. The highest BCUT2D eigenvalue weighted by atomic mass is 16.5. The number of aromatic nitrogens is 3. The number of benzene rings is 2. The Kier molecular flexibility index (Phi) is 6.49. The molecule has 0 N–H and O–H groups in total. The fourth-order valence-corrected chi connectivity index (χ4v) is 3.15. The number of carbonyl (C=O) groups excluding carboxylic acids is 1. The van der Waals surface area contributed by atoms with Gasteiger partial charge in [0, 0.05) is 13.5 Å². The zero-order chi connectivity index (χ0) is 20.8. The highest BCUT2D eigenvalue weighted by Crippen LogP contribution is 2.28. The minimum atomic E-state index is -0.0299. The van der Waals surface area contributed by atoms with Crippen molar-refractivity contribution in [3.63, 3.8) is 0 Å². The van der Waals surface area contributed by atoms with Crippen molar-refractivity contribution in [1.29, 1.82) is 0 Å². The topological polar surface area (TPSA) is 69.5 Å². The first-order valence-electron chi connectivity index (χ1n) is 9.45. The molecule has 1 heterocycles. The number of methoxy groups -OCH3 is 2. The summed E-state index contributed by atoms with van der Waals surface area (Å²) in [5.74, 6) is 1.45. The second-order valence-corrected chi connectivity index (χ2v) is 6.80. The van der Waals surface area contributed by atoms with Crippen LogP contribution in [0, 0.1) is 0 Å². The van der Waals surface area contributed by atoms with Crippen LogP contribution in [0.3, 0.4) is 0 Å². The molecule has 7 nitrogen and oxygen atoms in total. The van der Waals surface area contributed by atoms with Crippen LogP contribution in [0.2, 0.25) is 0 Å². The average Bonchev–Trinajstić information content (AvgIpc) is 3.31. The number of hydrogen-bond donors (Lipinski definition) is 0. The van der Waals surface area contributed by atoms with Gasteiger partial charge in [0.2, 0.25) is 5.91 Å². The normalized spacial score (nSPS) is 11.7. The minimum absolute atomic E-state index is 0.0299. The zero-order valence-corrected chi connectivity index (χ0v) is 17.2. The largest absolute Gasteiger partial charge is 0.493 e. The molecule has 0 aliphatic heterocycles. The number of ether oxygens (including phenoxy) is 2. The van der Waals surface area contributed by atoms with E-state index in [2.05, 4.69) is 10.1 Å². The summed E-state index contributed by atoms with van der Waals surface area (Å²) in [6.07, 6.45) is 4.22. The molecule has 0 aliphatic rings. The van der Waals surface area contributed by atoms with Gasteiger partial charge in [0.05, 0.1) is 25.9 Å². The van der Waals surface area contributed by atoms with E-state index in [0.29, 0.717) is 24.3 Å². The Balaban J connectivity index is 1.60. The van der Waals surface area contributed by atoms with Crippen LogP contribution < -0.4 is 9.47 Å². The molecule has 0 saturated carbocycles. The van der Waals surface area contributed by atoms with Gasteiger partial charge in [-0.1, -0.05) is 18.2 Å². The summed E-state index contributed by atoms with van der Waals surface area (Å²) in [5.41, 5.74) is 3.03. The average molecular weight is 394 g/mol. The van der Waals surface area contributed by atoms with Gasteiger partial charge >= 0.3 is 0 Å². The molecule has 152 valence electrons. The Labute approximate surface area is 170 Å². The van der Waals surface area contributed by atoms with E-state index in [-0.39, 0.29) is 11.9 Å². The molecule has 1 amide bonds. The van der Waals surface area contributed by atoms with E-state index in [4.69, 9.17) is 9.47 Å². The molecular formula is C22H26N4O3. The first-order chi connectivity index (χ1) is 14.0. The summed E-state index contributed by atoms with van der Waals surface area (Å²) in [7, 11) is 5.05. The van der Waals surface area contributed by atoms with Gasteiger partial charge in [0.25, 0.3) is 0 Å². The number of aryl methyl sites for hydroxylation is 1. The van der Waals surface area contributed by atoms with Gasteiger partial charge in [0.15, 0.2) is 11.5 Å². The van der Waals surface area contributed by atoms with Crippen molar-refractivity contribution in [2.75, 3.05) is 21.3 Å². The van der Waals surface area contributed by atoms with Crippen LogP contribution in [-0.2, 0) is 11.2 Å². The van der Waals surface area contributed by atoms with Crippen LogP contribution >= 0.6 is 0 Å². The third-order valence-electron chi connectivity index (χ3n) is 5.11. The molecule has 1 aromatic heterocycles. The van der Waals surface area contributed by atoms with E-state index in [1.54, 1.807) is 30.1 Å². The lowest BCUT2D eigenvalue weighted by Gasteiger charge is -2.25. The van der Waals surface area contributed by atoms with Crippen LogP contribution in [0.1, 0.15) is 30.5 Å². The summed E-state index contributed by atoms with van der Waals surface area (Å²) in [4.78, 5) is 18.5. The van der Waals surface area contributed by atoms with Crippen LogP contribution in [-0.4, -0.2) is 46.8 Å². The maximum atomic E-state index is 12.7. The smallest absolute Gasteiger partial charge is 0.223 e. The van der Waals surface area contributed by atoms with Gasteiger partial charge in [-0.25, -0.2) is 9.67 Å². The van der Waals surface area contributed by atoms with E-state index < -0.39 is 0 Å². The van der Waals surface area contributed by atoms with Crippen LogP contribution in [0.4, 0.5) is 0 Å². The lowest BCUT2D eigenvalue weighted by Crippen LogP contribution is -2.29. The number of hydrogen-bond acceptors (Lipinski definition) is 5. The number of amides is 1. The van der Waals surface area contributed by atoms with E-state index in [9.17, 15) is 4.79 Å². The first kappa shape index (κ1) is 20.4. The van der Waals surface area contributed by atoms with Gasteiger partial charge in [-0.3, -0.25) is 4.79 Å². The Hall–Kier alpha value is -3.35. The molecule has 0 spiro atoms. The molecule has 0 saturated heterocycles. The molecule has 7 heteroatoms. The lowest BCUT2D eigenvalue weighted by atomic mass is 10.0. The van der Waals surface area contributed by atoms with Crippen LogP contribution in [0.15, 0.2) is 55.1 Å². The molecule has 0 unspecified atom stereocenters. The molecule has 0 fully saturated rings. The SMILES string of the molecule is COc1ccc(CCC(=O)N(C)[C@@H](C)c2ccc(-n3cncn3)cc2)cc1OC. The van der Waals surface area contributed by atoms with E-state index in [1.807, 2.05) is 56.4 Å². The van der Waals surface area contributed by atoms with Gasteiger partial charge in [0.1, 0.15) is 12.7 Å². The highest BCUT2D eigenvalue weighted by molar-refractivity contribution is 5.76. The van der Waals surface area contributed by atoms with Crippen molar-refractivity contribution in [3.05, 3.63) is 66.2 Å². The molecule has 0 bridgehead atoms. The molecule has 3 rings (SSSR count). The second kappa shape index (κ2) is 9.23. The molecule has 0 aliphatic carbocycles. The summed E-state index contributed by atoms with van der Waals surface area (Å²) >= 11 is 0. The van der Waals surface area contributed by atoms with E-state index in [1.165, 1.54) is 6.33 Å². The Morgan fingerprint density at radius 1 is 1.10 bits per heavy atom. The fraction of sp³-hybridized carbons (Fsp3) is 0.318. The van der Waals surface area contributed by atoms with Crippen LogP contribution in [0.5, 0.6) is 11.5 Å².